The highest BCUT2D eigenvalue weighted by molar-refractivity contribution is 6.35. The molecular weight excluding hydrogens is 341 g/mol. The van der Waals surface area contributed by atoms with E-state index >= 15 is 0 Å². The Morgan fingerprint density at radius 3 is 2.83 bits per heavy atom. The number of aliphatic carboxylic acids is 1. The summed E-state index contributed by atoms with van der Waals surface area (Å²) in [6.45, 7) is 1.16. The van der Waals surface area contributed by atoms with Crippen LogP contribution in [0.15, 0.2) is 18.2 Å². The topological polar surface area (TPSA) is 66.8 Å². The fraction of sp³-hybridized carbons (Fsp3) is 0.500. The Hall–Kier alpha value is -1.30. The van der Waals surface area contributed by atoms with Crippen molar-refractivity contribution in [3.63, 3.8) is 0 Å². The molecule has 23 heavy (non-hydrogen) atoms. The first-order valence-electron chi connectivity index (χ1n) is 7.52. The molecule has 7 heteroatoms. The van der Waals surface area contributed by atoms with Gasteiger partial charge in [0.2, 0.25) is 5.91 Å². The normalized spacial score (nSPS) is 26.9. The van der Waals surface area contributed by atoms with Gasteiger partial charge in [-0.05, 0) is 30.0 Å². The van der Waals surface area contributed by atoms with Gasteiger partial charge in [0.25, 0.3) is 0 Å². The highest BCUT2D eigenvalue weighted by atomic mass is 35.5. The Labute approximate surface area is 144 Å². The number of nitrogens with zero attached hydrogens (tertiary/aromatic N) is 1. The lowest BCUT2D eigenvalue weighted by Gasteiger charge is -2.35. The Bertz CT molecular complexity index is 637. The van der Waals surface area contributed by atoms with E-state index in [2.05, 4.69) is 0 Å². The van der Waals surface area contributed by atoms with E-state index in [4.69, 9.17) is 33.0 Å². The molecule has 1 aromatic rings. The quantitative estimate of drug-likeness (QED) is 0.899. The molecule has 2 fully saturated rings. The van der Waals surface area contributed by atoms with Gasteiger partial charge in [-0.2, -0.15) is 0 Å². The monoisotopic (exact) mass is 357 g/mol. The second-order valence-corrected chi connectivity index (χ2v) is 6.82. The number of rotatable bonds is 4. The van der Waals surface area contributed by atoms with Crippen molar-refractivity contribution < 1.29 is 19.4 Å². The number of carboxylic acids is 1. The maximum absolute atomic E-state index is 12.7. The molecule has 3 unspecified atom stereocenters. The van der Waals surface area contributed by atoms with Crippen LogP contribution in [0.4, 0.5) is 0 Å². The second-order valence-electron chi connectivity index (χ2n) is 5.97. The maximum Gasteiger partial charge on any atom is 0.305 e. The third-order valence-electron chi connectivity index (χ3n) is 4.39. The van der Waals surface area contributed by atoms with E-state index in [1.165, 1.54) is 0 Å². The Morgan fingerprint density at radius 2 is 2.13 bits per heavy atom. The molecule has 0 spiro atoms. The highest BCUT2D eigenvalue weighted by Gasteiger charge is 2.48. The summed E-state index contributed by atoms with van der Waals surface area (Å²) in [4.78, 5) is 25.3. The third-order valence-corrected chi connectivity index (χ3v) is 4.95. The minimum absolute atomic E-state index is 0.00410. The van der Waals surface area contributed by atoms with E-state index in [1.807, 2.05) is 6.07 Å². The number of carbonyl (C=O) groups is 2. The van der Waals surface area contributed by atoms with Gasteiger partial charge in [0, 0.05) is 22.5 Å². The SMILES string of the molecule is O=C(O)CC1COCCN1C(=O)C1CC1c1ccc(Cl)cc1Cl. The van der Waals surface area contributed by atoms with Crippen LogP contribution in [0.1, 0.15) is 24.3 Å². The number of hydrogen-bond acceptors (Lipinski definition) is 3. The van der Waals surface area contributed by atoms with E-state index in [9.17, 15) is 9.59 Å². The Morgan fingerprint density at radius 1 is 1.35 bits per heavy atom. The van der Waals surface area contributed by atoms with Crippen molar-refractivity contribution in [2.75, 3.05) is 19.8 Å². The van der Waals surface area contributed by atoms with Crippen LogP contribution in [0.2, 0.25) is 10.0 Å². The molecule has 124 valence electrons. The minimum Gasteiger partial charge on any atom is -0.481 e. The van der Waals surface area contributed by atoms with Gasteiger partial charge in [-0.3, -0.25) is 9.59 Å². The molecule has 2 aliphatic rings. The van der Waals surface area contributed by atoms with Gasteiger partial charge in [0.05, 0.1) is 25.7 Å². The molecule has 0 aromatic heterocycles. The van der Waals surface area contributed by atoms with E-state index in [0.717, 1.165) is 12.0 Å². The van der Waals surface area contributed by atoms with Crippen LogP contribution in [0.5, 0.6) is 0 Å². The first kappa shape index (κ1) is 16.6. The molecule has 0 radical (unpaired) electrons. The average Bonchev–Trinajstić information content (AvgIpc) is 3.27. The summed E-state index contributed by atoms with van der Waals surface area (Å²) in [5, 5.41) is 10.1. The lowest BCUT2D eigenvalue weighted by molar-refractivity contribution is -0.147. The standard InChI is InChI=1S/C16H17Cl2NO4/c17-9-1-2-11(14(18)5-9)12-7-13(12)16(22)19-3-4-23-8-10(19)6-15(20)21/h1-2,5,10,12-13H,3-4,6-8H2,(H,20,21). The fourth-order valence-corrected chi connectivity index (χ4v) is 3.69. The summed E-state index contributed by atoms with van der Waals surface area (Å²) >= 11 is 12.1. The number of carbonyl (C=O) groups excluding carboxylic acids is 1. The molecule has 1 saturated heterocycles. The largest absolute Gasteiger partial charge is 0.481 e. The van der Waals surface area contributed by atoms with E-state index in [0.29, 0.717) is 23.2 Å². The second kappa shape index (κ2) is 6.67. The van der Waals surface area contributed by atoms with Crippen molar-refractivity contribution in [2.24, 2.45) is 5.92 Å². The molecule has 1 aromatic carbocycles. The molecule has 5 nitrogen and oxygen atoms in total. The highest BCUT2D eigenvalue weighted by Crippen LogP contribution is 2.51. The molecule has 1 saturated carbocycles. The summed E-state index contributed by atoms with van der Waals surface area (Å²) in [6, 6.07) is 4.91. The fourth-order valence-electron chi connectivity index (χ4n) is 3.14. The van der Waals surface area contributed by atoms with Gasteiger partial charge >= 0.3 is 5.97 Å². The third kappa shape index (κ3) is 3.62. The maximum atomic E-state index is 12.7. The van der Waals surface area contributed by atoms with Crippen molar-refractivity contribution in [1.82, 2.24) is 4.90 Å². The Kier molecular flexibility index (Phi) is 4.80. The van der Waals surface area contributed by atoms with E-state index in [1.54, 1.807) is 17.0 Å². The van der Waals surface area contributed by atoms with Gasteiger partial charge in [-0.15, -0.1) is 0 Å². The van der Waals surface area contributed by atoms with Crippen molar-refractivity contribution in [3.05, 3.63) is 33.8 Å². The minimum atomic E-state index is -0.925. The van der Waals surface area contributed by atoms with Crippen LogP contribution >= 0.6 is 23.2 Å². The van der Waals surface area contributed by atoms with Crippen molar-refractivity contribution in [3.8, 4) is 0 Å². The first-order chi connectivity index (χ1) is 11.0. The number of carboxylic acid groups (broad SMARTS) is 1. The summed E-state index contributed by atoms with van der Waals surface area (Å²) in [6.07, 6.45) is 0.641. The summed E-state index contributed by atoms with van der Waals surface area (Å²) in [5.74, 6) is -0.981. The first-order valence-corrected chi connectivity index (χ1v) is 8.28. The van der Waals surface area contributed by atoms with Gasteiger partial charge in [-0.1, -0.05) is 29.3 Å². The van der Waals surface area contributed by atoms with Crippen molar-refractivity contribution >= 4 is 35.1 Å². The van der Waals surface area contributed by atoms with Crippen LogP contribution in [-0.2, 0) is 14.3 Å². The summed E-state index contributed by atoms with van der Waals surface area (Å²) < 4.78 is 5.31. The van der Waals surface area contributed by atoms with Gasteiger partial charge in [0.15, 0.2) is 0 Å². The summed E-state index contributed by atoms with van der Waals surface area (Å²) in [5.41, 5.74) is 0.928. The molecule has 3 atom stereocenters. The van der Waals surface area contributed by atoms with Crippen molar-refractivity contribution in [2.45, 2.75) is 24.8 Å². The zero-order chi connectivity index (χ0) is 16.6. The number of ether oxygens (including phenoxy) is 1. The number of hydrogen-bond donors (Lipinski definition) is 1. The number of benzene rings is 1. The van der Waals surface area contributed by atoms with E-state index in [-0.39, 0.29) is 30.8 Å². The number of halogens is 2. The van der Waals surface area contributed by atoms with Crippen LogP contribution in [0.25, 0.3) is 0 Å². The lowest BCUT2D eigenvalue weighted by atomic mass is 10.1. The molecule has 1 aliphatic carbocycles. The predicted octanol–water partition coefficient (Wildman–Crippen LogP) is 2.80. The molecule has 1 N–H and O–H groups in total. The lowest BCUT2D eigenvalue weighted by Crippen LogP contribution is -2.50. The van der Waals surface area contributed by atoms with Gasteiger partial charge < -0.3 is 14.7 Å². The molecule has 0 bridgehead atoms. The Balaban J connectivity index is 1.70. The molecule has 1 aliphatic heterocycles. The van der Waals surface area contributed by atoms with Gasteiger partial charge in [-0.25, -0.2) is 0 Å². The molecule has 1 amide bonds. The van der Waals surface area contributed by atoms with Crippen LogP contribution < -0.4 is 0 Å². The van der Waals surface area contributed by atoms with Gasteiger partial charge in [0.1, 0.15) is 0 Å². The molecule has 1 heterocycles. The molecule has 3 rings (SSSR count). The molecular formula is C16H17Cl2NO4. The van der Waals surface area contributed by atoms with Crippen molar-refractivity contribution in [1.29, 1.82) is 0 Å². The van der Waals surface area contributed by atoms with Crippen LogP contribution in [0, 0.1) is 5.92 Å². The van der Waals surface area contributed by atoms with Crippen LogP contribution in [-0.4, -0.2) is 47.7 Å². The number of morpholine rings is 1. The van der Waals surface area contributed by atoms with Crippen LogP contribution in [0.3, 0.4) is 0 Å². The average molecular weight is 358 g/mol. The zero-order valence-corrected chi connectivity index (χ0v) is 13.9. The number of amides is 1. The van der Waals surface area contributed by atoms with E-state index < -0.39 is 12.0 Å². The smallest absolute Gasteiger partial charge is 0.305 e. The summed E-state index contributed by atoms with van der Waals surface area (Å²) in [7, 11) is 0. The zero-order valence-electron chi connectivity index (χ0n) is 12.4. The predicted molar refractivity (Wildman–Crippen MR) is 85.9 cm³/mol.